The molecule has 1 fully saturated rings. The number of carbonyl (C=O) groups is 1. The number of fused-ring (bicyclic) bond motifs is 2. The van der Waals surface area contributed by atoms with E-state index in [0.717, 1.165) is 22.5 Å². The van der Waals surface area contributed by atoms with E-state index in [9.17, 15) is 4.79 Å². The Labute approximate surface area is 219 Å². The first-order chi connectivity index (χ1) is 18.5. The smallest absolute Gasteiger partial charge is 0.237 e. The maximum atomic E-state index is 15.1. The molecule has 2 aliphatic heterocycles. The number of morpholine rings is 1. The molecule has 4 heterocycles. The average Bonchev–Trinajstić information content (AvgIpc) is 2.95. The third kappa shape index (κ3) is 4.82. The van der Waals surface area contributed by atoms with Crippen LogP contribution in [0, 0.1) is 12.7 Å². The fourth-order valence-corrected chi connectivity index (χ4v) is 4.74. The van der Waals surface area contributed by atoms with Crippen LogP contribution in [0.15, 0.2) is 48.8 Å². The van der Waals surface area contributed by atoms with Crippen LogP contribution < -0.4 is 15.4 Å². The summed E-state index contributed by atoms with van der Waals surface area (Å²) in [5.74, 6) is 0.653. The van der Waals surface area contributed by atoms with Crippen molar-refractivity contribution in [2.24, 2.45) is 0 Å². The highest BCUT2D eigenvalue weighted by Crippen LogP contribution is 2.37. The third-order valence-electron chi connectivity index (χ3n) is 6.83. The van der Waals surface area contributed by atoms with E-state index in [0.29, 0.717) is 79.7 Å². The molecule has 194 valence electrons. The second-order valence-corrected chi connectivity index (χ2v) is 9.33. The Hall–Kier alpha value is -4.31. The molecule has 2 aromatic carbocycles. The number of ether oxygens (including phenoxy) is 2. The Morgan fingerprint density at radius 2 is 1.89 bits per heavy atom. The van der Waals surface area contributed by atoms with E-state index in [-0.39, 0.29) is 11.7 Å². The molecule has 10 heteroatoms. The molecule has 2 N–H and O–H groups in total. The number of aromatic nitrogens is 3. The maximum absolute atomic E-state index is 15.1. The van der Waals surface area contributed by atoms with E-state index >= 15 is 4.39 Å². The van der Waals surface area contributed by atoms with Gasteiger partial charge in [0.1, 0.15) is 18.1 Å². The Balaban J connectivity index is 1.21. The van der Waals surface area contributed by atoms with Gasteiger partial charge in [0, 0.05) is 54.2 Å². The van der Waals surface area contributed by atoms with Crippen molar-refractivity contribution in [3.05, 3.63) is 65.7 Å². The molecule has 9 nitrogen and oxygen atoms in total. The largest absolute Gasteiger partial charge is 0.474 e. The van der Waals surface area contributed by atoms with Crippen molar-refractivity contribution >= 4 is 34.1 Å². The summed E-state index contributed by atoms with van der Waals surface area (Å²) < 4.78 is 26.0. The molecule has 0 radical (unpaired) electrons. The van der Waals surface area contributed by atoms with Gasteiger partial charge < -0.3 is 25.0 Å². The van der Waals surface area contributed by atoms with Crippen LogP contribution in [0.25, 0.3) is 22.0 Å². The molecule has 0 bridgehead atoms. The molecular formula is C28H27FN6O3. The summed E-state index contributed by atoms with van der Waals surface area (Å²) >= 11 is 0. The first-order valence-corrected chi connectivity index (χ1v) is 12.6. The van der Waals surface area contributed by atoms with E-state index in [2.05, 4.69) is 25.6 Å². The van der Waals surface area contributed by atoms with E-state index in [1.54, 1.807) is 18.5 Å². The Morgan fingerprint density at radius 1 is 1.08 bits per heavy atom. The zero-order valence-electron chi connectivity index (χ0n) is 21.0. The minimum Gasteiger partial charge on any atom is -0.474 e. The zero-order chi connectivity index (χ0) is 26.1. The average molecular weight is 515 g/mol. The molecular weight excluding hydrogens is 487 g/mol. The van der Waals surface area contributed by atoms with Crippen LogP contribution in [0.4, 0.5) is 21.7 Å². The van der Waals surface area contributed by atoms with Crippen LogP contribution in [0.1, 0.15) is 11.1 Å². The van der Waals surface area contributed by atoms with Gasteiger partial charge in [-0.1, -0.05) is 12.1 Å². The number of benzene rings is 2. The molecule has 4 aromatic rings. The van der Waals surface area contributed by atoms with Crippen molar-refractivity contribution < 1.29 is 18.7 Å². The van der Waals surface area contributed by atoms with Crippen LogP contribution in [0.5, 0.6) is 5.88 Å². The summed E-state index contributed by atoms with van der Waals surface area (Å²) in [6.45, 7) is 5.59. The van der Waals surface area contributed by atoms with E-state index < -0.39 is 0 Å². The second-order valence-electron chi connectivity index (χ2n) is 9.33. The summed E-state index contributed by atoms with van der Waals surface area (Å²) in [7, 11) is 0. The summed E-state index contributed by atoms with van der Waals surface area (Å²) in [6, 6.07) is 10.8. The van der Waals surface area contributed by atoms with Crippen molar-refractivity contribution in [2.45, 2.75) is 13.3 Å². The van der Waals surface area contributed by atoms with Gasteiger partial charge in [-0.3, -0.25) is 4.79 Å². The van der Waals surface area contributed by atoms with Gasteiger partial charge in [0.15, 0.2) is 0 Å². The molecule has 2 aliphatic rings. The molecule has 0 aliphatic carbocycles. The second kappa shape index (κ2) is 10.2. The number of anilines is 3. The SMILES string of the molecule is Cc1c(-c2cc3nc(Nc4ccc(CC(=O)N5CCOCC5)cc4)ncc3cc2F)cnc2c1NCCO2. The van der Waals surface area contributed by atoms with Gasteiger partial charge in [-0.05, 0) is 42.3 Å². The number of halogens is 1. The number of hydrogen-bond donors (Lipinski definition) is 2. The monoisotopic (exact) mass is 514 g/mol. The summed E-state index contributed by atoms with van der Waals surface area (Å²) in [4.78, 5) is 27.7. The summed E-state index contributed by atoms with van der Waals surface area (Å²) in [5.41, 5.74) is 5.07. The molecule has 0 atom stereocenters. The Kier molecular flexibility index (Phi) is 6.47. The molecule has 0 spiro atoms. The van der Waals surface area contributed by atoms with E-state index in [4.69, 9.17) is 9.47 Å². The van der Waals surface area contributed by atoms with Crippen LogP contribution in [-0.4, -0.2) is 65.2 Å². The molecule has 38 heavy (non-hydrogen) atoms. The Morgan fingerprint density at radius 3 is 2.71 bits per heavy atom. The lowest BCUT2D eigenvalue weighted by molar-refractivity contribution is -0.134. The number of hydrogen-bond acceptors (Lipinski definition) is 8. The minimum absolute atomic E-state index is 0.0996. The lowest BCUT2D eigenvalue weighted by atomic mass is 9.99. The van der Waals surface area contributed by atoms with Gasteiger partial charge in [-0.25, -0.2) is 19.3 Å². The Bertz CT molecular complexity index is 1510. The number of rotatable bonds is 5. The molecule has 0 unspecified atom stereocenters. The van der Waals surface area contributed by atoms with Gasteiger partial charge >= 0.3 is 0 Å². The van der Waals surface area contributed by atoms with Crippen molar-refractivity contribution in [2.75, 3.05) is 50.1 Å². The highest BCUT2D eigenvalue weighted by molar-refractivity contribution is 5.87. The predicted octanol–water partition coefficient (Wildman–Crippen LogP) is 4.09. The van der Waals surface area contributed by atoms with Crippen molar-refractivity contribution in [1.29, 1.82) is 0 Å². The molecule has 0 saturated carbocycles. The summed E-state index contributed by atoms with van der Waals surface area (Å²) in [6.07, 6.45) is 3.58. The number of nitrogens with zero attached hydrogens (tertiary/aromatic N) is 4. The van der Waals surface area contributed by atoms with Crippen molar-refractivity contribution in [1.82, 2.24) is 19.9 Å². The van der Waals surface area contributed by atoms with Crippen molar-refractivity contribution in [3.8, 4) is 17.0 Å². The lowest BCUT2D eigenvalue weighted by Crippen LogP contribution is -2.41. The molecule has 2 aromatic heterocycles. The third-order valence-corrected chi connectivity index (χ3v) is 6.83. The van der Waals surface area contributed by atoms with Gasteiger partial charge in [-0.2, -0.15) is 0 Å². The maximum Gasteiger partial charge on any atom is 0.237 e. The number of nitrogens with one attached hydrogen (secondary N) is 2. The number of carbonyl (C=O) groups excluding carboxylic acids is 1. The highest BCUT2D eigenvalue weighted by atomic mass is 19.1. The van der Waals surface area contributed by atoms with Crippen LogP contribution >= 0.6 is 0 Å². The fourth-order valence-electron chi connectivity index (χ4n) is 4.74. The van der Waals surface area contributed by atoms with Gasteiger partial charge in [0.05, 0.1) is 25.2 Å². The lowest BCUT2D eigenvalue weighted by Gasteiger charge is -2.26. The van der Waals surface area contributed by atoms with E-state index in [1.807, 2.05) is 36.1 Å². The molecule has 1 amide bonds. The molecule has 6 rings (SSSR count). The van der Waals surface area contributed by atoms with Crippen LogP contribution in [0.3, 0.4) is 0 Å². The first-order valence-electron chi connectivity index (χ1n) is 12.6. The van der Waals surface area contributed by atoms with Gasteiger partial charge in [-0.15, -0.1) is 0 Å². The van der Waals surface area contributed by atoms with E-state index in [1.165, 1.54) is 6.07 Å². The normalized spacial score (nSPS) is 14.9. The van der Waals surface area contributed by atoms with Crippen LogP contribution in [0.2, 0.25) is 0 Å². The standard InChI is InChI=1S/C28H27FN6O3/c1-17-22(16-31-27-26(17)30-6-9-38-27)21-14-24-19(13-23(21)29)15-32-28(34-24)33-20-4-2-18(3-5-20)12-25(36)35-7-10-37-11-8-35/h2-5,13-16,30H,6-12H2,1H3,(H,32,33,34). The van der Waals surface area contributed by atoms with Crippen LogP contribution in [-0.2, 0) is 16.0 Å². The quantitative estimate of drug-likeness (QED) is 0.411. The van der Waals surface area contributed by atoms with Gasteiger partial charge in [0.25, 0.3) is 0 Å². The summed E-state index contributed by atoms with van der Waals surface area (Å²) in [5, 5.41) is 7.09. The van der Waals surface area contributed by atoms with Gasteiger partial charge in [0.2, 0.25) is 17.7 Å². The first kappa shape index (κ1) is 24.1. The number of amides is 1. The highest BCUT2D eigenvalue weighted by Gasteiger charge is 2.20. The number of pyridine rings is 1. The zero-order valence-corrected chi connectivity index (χ0v) is 21.0. The fraction of sp³-hybridized carbons (Fsp3) is 0.286. The van der Waals surface area contributed by atoms with Crippen molar-refractivity contribution in [3.63, 3.8) is 0 Å². The predicted molar refractivity (Wildman–Crippen MR) is 142 cm³/mol. The molecule has 1 saturated heterocycles. The minimum atomic E-state index is -0.370. The topological polar surface area (TPSA) is 102 Å².